The lowest BCUT2D eigenvalue weighted by atomic mass is 10.2. The Hall–Kier alpha value is -0.830. The van der Waals surface area contributed by atoms with Crippen LogP contribution >= 0.6 is 11.6 Å². The number of benzene rings is 1. The first kappa shape index (κ1) is 8.27. The average Bonchev–Trinajstić information content (AvgIpc) is 1.94. The van der Waals surface area contributed by atoms with Gasteiger partial charge in [0.2, 0.25) is 5.75 Å². The minimum atomic E-state index is -2.75. The molecule has 0 aromatic heterocycles. The quantitative estimate of drug-likeness (QED) is 0.627. The Morgan fingerprint density at radius 3 is 2.45 bits per heavy atom. The molecule has 1 radical (unpaired) electrons. The van der Waals surface area contributed by atoms with Gasteiger partial charge in [-0.15, -0.1) is 0 Å². The van der Waals surface area contributed by atoms with E-state index in [2.05, 4.69) is 0 Å². The van der Waals surface area contributed by atoms with Crippen molar-refractivity contribution >= 4 is 11.6 Å². The Morgan fingerprint density at radius 1 is 1.36 bits per heavy atom. The summed E-state index contributed by atoms with van der Waals surface area (Å²) in [5.74, 6) is -0.788. The van der Waals surface area contributed by atoms with E-state index in [4.69, 9.17) is 11.6 Å². The van der Waals surface area contributed by atoms with E-state index in [1.54, 1.807) is 0 Å². The van der Waals surface area contributed by atoms with Gasteiger partial charge < -0.3 is 0 Å². The van der Waals surface area contributed by atoms with Crippen molar-refractivity contribution in [2.24, 2.45) is 0 Å². The lowest BCUT2D eigenvalue weighted by molar-refractivity contribution is 0.144. The second-order valence-electron chi connectivity index (χ2n) is 1.96. The van der Waals surface area contributed by atoms with Crippen molar-refractivity contribution in [3.8, 4) is 5.75 Å². The summed E-state index contributed by atoms with van der Waals surface area (Å²) < 4.78 is 23.9. The van der Waals surface area contributed by atoms with Crippen LogP contribution in [0.3, 0.4) is 0 Å². The van der Waals surface area contributed by atoms with Gasteiger partial charge in [-0.2, -0.15) is 0 Å². The van der Waals surface area contributed by atoms with Gasteiger partial charge in [0.1, 0.15) is 0 Å². The van der Waals surface area contributed by atoms with E-state index in [1.165, 1.54) is 12.1 Å². The number of hydrogen-bond donors (Lipinski definition) is 0. The number of rotatable bonds is 1. The molecule has 0 saturated carbocycles. The Bertz CT molecular complexity index is 263. The lowest BCUT2D eigenvalue weighted by Crippen LogP contribution is -1.83. The van der Waals surface area contributed by atoms with Crippen LogP contribution in [0.15, 0.2) is 18.2 Å². The second kappa shape index (κ2) is 3.05. The van der Waals surface area contributed by atoms with E-state index in [1.807, 2.05) is 0 Å². The number of para-hydroxylation sites is 1. The second-order valence-corrected chi connectivity index (χ2v) is 2.37. The van der Waals surface area contributed by atoms with Crippen LogP contribution in [0.1, 0.15) is 12.0 Å². The molecule has 0 bridgehead atoms. The number of alkyl halides is 2. The van der Waals surface area contributed by atoms with E-state index in [9.17, 15) is 13.9 Å². The zero-order valence-corrected chi connectivity index (χ0v) is 6.11. The van der Waals surface area contributed by atoms with E-state index < -0.39 is 17.7 Å². The maximum atomic E-state index is 11.9. The van der Waals surface area contributed by atoms with E-state index in [0.29, 0.717) is 0 Å². The first-order valence-corrected chi connectivity index (χ1v) is 3.24. The molecule has 1 aromatic carbocycles. The third kappa shape index (κ3) is 1.60. The van der Waals surface area contributed by atoms with Crippen LogP contribution in [0.4, 0.5) is 8.78 Å². The van der Waals surface area contributed by atoms with Crippen molar-refractivity contribution < 1.29 is 13.9 Å². The van der Waals surface area contributed by atoms with Crippen molar-refractivity contribution in [1.82, 2.24) is 0 Å². The SMILES string of the molecule is [O]c1c(Cl)cccc1C(F)F. The molecule has 59 valence electrons. The van der Waals surface area contributed by atoms with Crippen molar-refractivity contribution in [3.05, 3.63) is 28.8 Å². The van der Waals surface area contributed by atoms with E-state index in [-0.39, 0.29) is 5.02 Å². The molecule has 0 aliphatic rings. The van der Waals surface area contributed by atoms with Gasteiger partial charge >= 0.3 is 0 Å². The molecule has 1 aromatic rings. The third-order valence-electron chi connectivity index (χ3n) is 1.23. The van der Waals surface area contributed by atoms with Gasteiger partial charge in [0, 0.05) is 0 Å². The highest BCUT2D eigenvalue weighted by molar-refractivity contribution is 6.32. The highest BCUT2D eigenvalue weighted by Crippen LogP contribution is 2.33. The average molecular weight is 178 g/mol. The largest absolute Gasteiger partial charge is 0.288 e. The van der Waals surface area contributed by atoms with Crippen LogP contribution in [0.25, 0.3) is 0 Å². The highest BCUT2D eigenvalue weighted by atomic mass is 35.5. The van der Waals surface area contributed by atoms with Gasteiger partial charge in [0.15, 0.2) is 0 Å². The summed E-state index contributed by atoms with van der Waals surface area (Å²) in [6.45, 7) is 0. The van der Waals surface area contributed by atoms with Crippen molar-refractivity contribution in [3.63, 3.8) is 0 Å². The third-order valence-corrected chi connectivity index (χ3v) is 1.53. The molecule has 1 rings (SSSR count). The van der Waals surface area contributed by atoms with Crippen LogP contribution < -0.4 is 0 Å². The molecule has 0 heterocycles. The smallest absolute Gasteiger partial charge is 0.267 e. The molecule has 1 nitrogen and oxygen atoms in total. The molecular formula is C7H4ClF2O. The zero-order chi connectivity index (χ0) is 8.43. The Balaban J connectivity index is 3.17. The predicted octanol–water partition coefficient (Wildman–Crippen LogP) is 3.42. The van der Waals surface area contributed by atoms with Gasteiger partial charge in [-0.05, 0) is 12.1 Å². The fourth-order valence-corrected chi connectivity index (χ4v) is 0.879. The molecule has 0 N–H and O–H groups in total. The maximum absolute atomic E-state index is 11.9. The van der Waals surface area contributed by atoms with Crippen LogP contribution in [0.2, 0.25) is 5.02 Å². The summed E-state index contributed by atoms with van der Waals surface area (Å²) in [5.41, 5.74) is -0.544. The van der Waals surface area contributed by atoms with Crippen LogP contribution in [0, 0.1) is 0 Å². The summed E-state index contributed by atoms with van der Waals surface area (Å²) in [5, 5.41) is 10.6. The Kier molecular flexibility index (Phi) is 2.29. The van der Waals surface area contributed by atoms with Crippen molar-refractivity contribution in [2.75, 3.05) is 0 Å². The Labute approximate surface area is 67.2 Å². The maximum Gasteiger partial charge on any atom is 0.267 e. The Morgan fingerprint density at radius 2 is 2.00 bits per heavy atom. The normalized spacial score (nSPS) is 10.5. The molecule has 0 aliphatic carbocycles. The van der Waals surface area contributed by atoms with Crippen LogP contribution in [-0.2, 0) is 5.11 Å². The molecule has 0 unspecified atom stereocenters. The summed E-state index contributed by atoms with van der Waals surface area (Å²) in [4.78, 5) is 0. The van der Waals surface area contributed by atoms with Crippen molar-refractivity contribution in [1.29, 1.82) is 0 Å². The highest BCUT2D eigenvalue weighted by Gasteiger charge is 2.15. The standard InChI is InChI=1S/C7H4ClF2O/c8-5-3-1-2-4(6(5)11)7(9)10/h1-3,7H. The van der Waals surface area contributed by atoms with Gasteiger partial charge in [0.25, 0.3) is 6.43 Å². The zero-order valence-electron chi connectivity index (χ0n) is 5.35. The van der Waals surface area contributed by atoms with Gasteiger partial charge in [0.05, 0.1) is 10.6 Å². The summed E-state index contributed by atoms with van der Waals surface area (Å²) >= 11 is 5.31. The molecule has 11 heavy (non-hydrogen) atoms. The van der Waals surface area contributed by atoms with Crippen LogP contribution in [0.5, 0.6) is 5.75 Å². The fraction of sp³-hybridized carbons (Fsp3) is 0.143. The van der Waals surface area contributed by atoms with Gasteiger partial charge in [-0.3, -0.25) is 5.11 Å². The first-order chi connectivity index (χ1) is 5.13. The molecule has 0 spiro atoms. The molecular weight excluding hydrogens is 174 g/mol. The summed E-state index contributed by atoms with van der Waals surface area (Å²) in [7, 11) is 0. The molecule has 0 fully saturated rings. The van der Waals surface area contributed by atoms with E-state index in [0.717, 1.165) is 6.07 Å². The summed E-state index contributed by atoms with van der Waals surface area (Å²) in [6, 6.07) is 3.68. The predicted molar refractivity (Wildman–Crippen MR) is 36.5 cm³/mol. The lowest BCUT2D eigenvalue weighted by Gasteiger charge is -2.00. The topological polar surface area (TPSA) is 19.9 Å². The minimum absolute atomic E-state index is 0.164. The van der Waals surface area contributed by atoms with Gasteiger partial charge in [-0.25, -0.2) is 8.78 Å². The molecule has 4 heteroatoms. The first-order valence-electron chi connectivity index (χ1n) is 2.86. The van der Waals surface area contributed by atoms with Crippen molar-refractivity contribution in [2.45, 2.75) is 6.43 Å². The monoisotopic (exact) mass is 177 g/mol. The number of hydrogen-bond acceptors (Lipinski definition) is 0. The molecule has 0 aliphatic heterocycles. The van der Waals surface area contributed by atoms with Gasteiger partial charge in [-0.1, -0.05) is 17.7 Å². The molecule has 0 amide bonds. The fourth-order valence-electron chi connectivity index (χ4n) is 0.697. The minimum Gasteiger partial charge on any atom is -0.288 e. The van der Waals surface area contributed by atoms with E-state index >= 15 is 0 Å². The number of halogens is 3. The molecule has 0 saturated heterocycles. The summed E-state index contributed by atoms with van der Waals surface area (Å²) in [6.07, 6.45) is -2.75. The van der Waals surface area contributed by atoms with Crippen LogP contribution in [-0.4, -0.2) is 0 Å². The molecule has 0 atom stereocenters.